The van der Waals surface area contributed by atoms with Gasteiger partial charge >= 0.3 is 0 Å². The van der Waals surface area contributed by atoms with E-state index in [1.807, 2.05) is 0 Å². The maximum atomic E-state index is 3.22. The quantitative estimate of drug-likeness (QED) is 0.484. The van der Waals surface area contributed by atoms with Gasteiger partial charge in [-0.3, -0.25) is 0 Å². The first-order valence-corrected chi connectivity index (χ1v) is 2.41. The van der Waals surface area contributed by atoms with E-state index < -0.39 is 0 Å². The molecule has 0 atom stereocenters. The predicted molar refractivity (Wildman–Crippen MR) is 25.7 cm³/mol. The zero-order valence-corrected chi connectivity index (χ0v) is 5.92. The van der Waals surface area contributed by atoms with Crippen LogP contribution in [0.1, 0.15) is 0 Å². The van der Waals surface area contributed by atoms with Gasteiger partial charge in [-0.25, -0.2) is 0 Å². The number of hydrogen-bond donors (Lipinski definition) is 2. The topological polar surface area (TPSA) is 24.1 Å². The molecule has 1 fully saturated rings. The Morgan fingerprint density at radius 2 is 1.00 bits per heavy atom. The van der Waals surface area contributed by atoms with Gasteiger partial charge < -0.3 is 10.6 Å². The molecule has 0 radical (unpaired) electrons. The maximum absolute atomic E-state index is 3.22. The minimum absolute atomic E-state index is 0. The molecule has 0 aromatic carbocycles. The summed E-state index contributed by atoms with van der Waals surface area (Å²) in [6.45, 7) is 4.56. The molecule has 0 aliphatic carbocycles. The molecule has 1 saturated heterocycles. The standard InChI is InChI=1S/C4H10N2.Ru/c1-2-6-4-3-5-1;/h5-6H,1-4H2;. The van der Waals surface area contributed by atoms with E-state index in [9.17, 15) is 0 Å². The van der Waals surface area contributed by atoms with Gasteiger partial charge in [-0.05, 0) is 0 Å². The van der Waals surface area contributed by atoms with E-state index in [2.05, 4.69) is 10.6 Å². The van der Waals surface area contributed by atoms with Crippen molar-refractivity contribution in [1.82, 2.24) is 10.6 Å². The fraction of sp³-hybridized carbons (Fsp3) is 1.00. The van der Waals surface area contributed by atoms with Gasteiger partial charge in [0.2, 0.25) is 0 Å². The van der Waals surface area contributed by atoms with E-state index >= 15 is 0 Å². The number of rotatable bonds is 0. The van der Waals surface area contributed by atoms with Crippen LogP contribution in [0.4, 0.5) is 0 Å². The van der Waals surface area contributed by atoms with E-state index in [1.54, 1.807) is 0 Å². The van der Waals surface area contributed by atoms with Crippen LogP contribution in [0, 0.1) is 0 Å². The van der Waals surface area contributed by atoms with Gasteiger partial charge in [0.1, 0.15) is 0 Å². The largest absolute Gasteiger partial charge is 0.314 e. The fourth-order valence-electron chi connectivity index (χ4n) is 0.604. The molecule has 0 spiro atoms. The third-order valence-electron chi connectivity index (χ3n) is 0.957. The minimum Gasteiger partial charge on any atom is -0.314 e. The molecule has 7 heavy (non-hydrogen) atoms. The Kier molecular flexibility index (Phi) is 5.06. The molecule has 0 bridgehead atoms. The van der Waals surface area contributed by atoms with Crippen LogP contribution in [-0.4, -0.2) is 26.2 Å². The van der Waals surface area contributed by atoms with Crippen LogP contribution in [0.5, 0.6) is 0 Å². The Hall–Kier alpha value is 0.543. The van der Waals surface area contributed by atoms with Gasteiger partial charge in [0.25, 0.3) is 0 Å². The first-order valence-electron chi connectivity index (χ1n) is 2.41. The molecule has 1 aliphatic rings. The number of nitrogens with one attached hydrogen (secondary N) is 2. The van der Waals surface area contributed by atoms with Gasteiger partial charge in [-0.1, -0.05) is 0 Å². The molecule has 2 nitrogen and oxygen atoms in total. The van der Waals surface area contributed by atoms with Crippen LogP contribution < -0.4 is 10.6 Å². The van der Waals surface area contributed by atoms with Crippen molar-refractivity contribution in [2.24, 2.45) is 0 Å². The molecule has 1 rings (SSSR count). The predicted octanol–water partition coefficient (Wildman–Crippen LogP) is -0.823. The summed E-state index contributed by atoms with van der Waals surface area (Å²) >= 11 is 0. The van der Waals surface area contributed by atoms with Crippen molar-refractivity contribution >= 4 is 0 Å². The first-order chi connectivity index (χ1) is 3.00. The molecular weight excluding hydrogens is 177 g/mol. The maximum Gasteiger partial charge on any atom is 0.00772 e. The molecule has 0 aromatic heterocycles. The molecule has 1 aliphatic heterocycles. The van der Waals surface area contributed by atoms with E-state index in [0.717, 1.165) is 26.2 Å². The zero-order valence-electron chi connectivity index (χ0n) is 4.18. The fourth-order valence-corrected chi connectivity index (χ4v) is 0.604. The molecule has 0 unspecified atom stereocenters. The van der Waals surface area contributed by atoms with E-state index in [-0.39, 0.29) is 19.5 Å². The van der Waals surface area contributed by atoms with Crippen LogP contribution >= 0.6 is 0 Å². The second kappa shape index (κ2) is 4.70. The molecule has 0 saturated carbocycles. The molecule has 2 N–H and O–H groups in total. The third kappa shape index (κ3) is 3.15. The summed E-state index contributed by atoms with van der Waals surface area (Å²) in [6.07, 6.45) is 0. The van der Waals surface area contributed by atoms with Crippen LogP contribution in [0.3, 0.4) is 0 Å². The van der Waals surface area contributed by atoms with Gasteiger partial charge in [0, 0.05) is 45.7 Å². The summed E-state index contributed by atoms with van der Waals surface area (Å²) in [7, 11) is 0. The average Bonchev–Trinajstić information content (AvgIpc) is 1.72. The van der Waals surface area contributed by atoms with Gasteiger partial charge in [0.15, 0.2) is 0 Å². The Bertz CT molecular complexity index is 25.2. The van der Waals surface area contributed by atoms with Crippen molar-refractivity contribution in [2.45, 2.75) is 0 Å². The van der Waals surface area contributed by atoms with Crippen LogP contribution in [-0.2, 0) is 19.5 Å². The van der Waals surface area contributed by atoms with Crippen molar-refractivity contribution in [1.29, 1.82) is 0 Å². The van der Waals surface area contributed by atoms with Gasteiger partial charge in [0.05, 0.1) is 0 Å². The molecule has 44 valence electrons. The Morgan fingerprint density at radius 3 is 1.14 bits per heavy atom. The van der Waals surface area contributed by atoms with Crippen molar-refractivity contribution in [3.63, 3.8) is 0 Å². The van der Waals surface area contributed by atoms with Gasteiger partial charge in [-0.2, -0.15) is 0 Å². The SMILES string of the molecule is C1CNCCN1.[Ru]. The van der Waals surface area contributed by atoms with Gasteiger partial charge in [-0.15, -0.1) is 0 Å². The van der Waals surface area contributed by atoms with Crippen molar-refractivity contribution in [3.8, 4) is 0 Å². The first kappa shape index (κ1) is 7.54. The Labute approximate surface area is 56.8 Å². The minimum atomic E-state index is 0. The summed E-state index contributed by atoms with van der Waals surface area (Å²) in [4.78, 5) is 0. The summed E-state index contributed by atoms with van der Waals surface area (Å²) in [5.41, 5.74) is 0. The van der Waals surface area contributed by atoms with Crippen LogP contribution in [0.25, 0.3) is 0 Å². The molecule has 1 heterocycles. The number of piperazine rings is 1. The third-order valence-corrected chi connectivity index (χ3v) is 0.957. The van der Waals surface area contributed by atoms with Crippen molar-refractivity contribution in [2.75, 3.05) is 26.2 Å². The van der Waals surface area contributed by atoms with Crippen molar-refractivity contribution in [3.05, 3.63) is 0 Å². The second-order valence-electron chi connectivity index (χ2n) is 1.50. The Morgan fingerprint density at radius 1 is 0.714 bits per heavy atom. The van der Waals surface area contributed by atoms with Crippen molar-refractivity contribution < 1.29 is 19.5 Å². The summed E-state index contributed by atoms with van der Waals surface area (Å²) in [5.74, 6) is 0. The molecule has 0 aromatic rings. The van der Waals surface area contributed by atoms with Crippen LogP contribution in [0.2, 0.25) is 0 Å². The van der Waals surface area contributed by atoms with Crippen LogP contribution in [0.15, 0.2) is 0 Å². The summed E-state index contributed by atoms with van der Waals surface area (Å²) in [5, 5.41) is 6.44. The van der Waals surface area contributed by atoms with E-state index in [1.165, 1.54) is 0 Å². The Balaban J connectivity index is 0.000000360. The second-order valence-corrected chi connectivity index (χ2v) is 1.50. The molecule has 0 amide bonds. The molecular formula is C4H10N2Ru. The van der Waals surface area contributed by atoms with E-state index in [4.69, 9.17) is 0 Å². The monoisotopic (exact) mass is 188 g/mol. The molecule has 3 heteroatoms. The van der Waals surface area contributed by atoms with E-state index in [0.29, 0.717) is 0 Å². The summed E-state index contributed by atoms with van der Waals surface area (Å²) in [6, 6.07) is 0. The zero-order chi connectivity index (χ0) is 4.24. The number of hydrogen-bond acceptors (Lipinski definition) is 2. The normalized spacial score (nSPS) is 20.6. The summed E-state index contributed by atoms with van der Waals surface area (Å²) < 4.78 is 0. The smallest absolute Gasteiger partial charge is 0.00772 e. The average molecular weight is 187 g/mol.